The molecule has 0 amide bonds. The van der Waals surface area contributed by atoms with E-state index in [0.29, 0.717) is 23.7 Å². The summed E-state index contributed by atoms with van der Waals surface area (Å²) in [4.78, 5) is 0. The van der Waals surface area contributed by atoms with E-state index >= 15 is 0 Å². The topological polar surface area (TPSA) is 60.7 Å². The highest BCUT2D eigenvalue weighted by atomic mass is 16.3. The average Bonchev–Trinajstić information content (AvgIpc) is 2.82. The van der Waals surface area contributed by atoms with Gasteiger partial charge in [-0.2, -0.15) is 0 Å². The van der Waals surface area contributed by atoms with Crippen LogP contribution in [0.4, 0.5) is 0 Å². The molecule has 33 heavy (non-hydrogen) atoms. The van der Waals surface area contributed by atoms with Crippen molar-refractivity contribution in [3.05, 3.63) is 0 Å². The van der Waals surface area contributed by atoms with Crippen molar-refractivity contribution in [1.29, 1.82) is 0 Å². The summed E-state index contributed by atoms with van der Waals surface area (Å²) in [6.45, 7) is 16.7. The Morgan fingerprint density at radius 3 is 1.52 bits per heavy atom. The molecule has 0 radical (unpaired) electrons. The van der Waals surface area contributed by atoms with E-state index in [-0.39, 0.29) is 39.3 Å². The SMILES string of the molecule is CC12CCC3C(C)(C)C(O)CCC3(C)C1CCC1C(O)(CCC3C(C)(C)C(O)CCC13C)C2. The van der Waals surface area contributed by atoms with Crippen molar-refractivity contribution < 1.29 is 15.3 Å². The van der Waals surface area contributed by atoms with Crippen molar-refractivity contribution in [3.63, 3.8) is 0 Å². The molecule has 3 heteroatoms. The van der Waals surface area contributed by atoms with Gasteiger partial charge in [0.15, 0.2) is 0 Å². The van der Waals surface area contributed by atoms with Gasteiger partial charge >= 0.3 is 0 Å². The summed E-state index contributed by atoms with van der Waals surface area (Å²) < 4.78 is 0. The van der Waals surface area contributed by atoms with Gasteiger partial charge in [-0.3, -0.25) is 0 Å². The number of aliphatic hydroxyl groups excluding tert-OH is 2. The molecule has 10 atom stereocenters. The lowest BCUT2D eigenvalue weighted by Crippen LogP contribution is -2.62. The zero-order valence-electron chi connectivity index (χ0n) is 22.6. The van der Waals surface area contributed by atoms with E-state index in [1.54, 1.807) is 0 Å². The first-order valence-corrected chi connectivity index (χ1v) is 14.2. The highest BCUT2D eigenvalue weighted by Gasteiger charge is 2.67. The second kappa shape index (κ2) is 7.22. The molecule has 0 heterocycles. The Balaban J connectivity index is 1.52. The molecule has 0 aromatic heterocycles. The first-order valence-electron chi connectivity index (χ1n) is 14.2. The Bertz CT molecular complexity index is 725. The fourth-order valence-electron chi connectivity index (χ4n) is 11.7. The lowest BCUT2D eigenvalue weighted by molar-refractivity contribution is -0.212. The summed E-state index contributed by atoms with van der Waals surface area (Å²) in [6.07, 6.45) is 11.2. The fourth-order valence-corrected chi connectivity index (χ4v) is 11.7. The normalized spacial score (nSPS) is 57.6. The Labute approximate surface area is 203 Å². The number of aliphatic hydroxyl groups is 3. The maximum Gasteiger partial charge on any atom is 0.0686 e. The van der Waals surface area contributed by atoms with Crippen LogP contribution in [0.5, 0.6) is 0 Å². The van der Waals surface area contributed by atoms with Gasteiger partial charge in [0.2, 0.25) is 0 Å². The number of rotatable bonds is 0. The van der Waals surface area contributed by atoms with Crippen molar-refractivity contribution in [2.24, 2.45) is 50.7 Å². The maximum atomic E-state index is 12.4. The highest BCUT2D eigenvalue weighted by Crippen LogP contribution is 2.71. The zero-order chi connectivity index (χ0) is 24.2. The van der Waals surface area contributed by atoms with E-state index in [1.165, 1.54) is 19.3 Å². The summed E-state index contributed by atoms with van der Waals surface area (Å²) >= 11 is 0. The zero-order valence-corrected chi connectivity index (χ0v) is 22.6. The van der Waals surface area contributed by atoms with E-state index in [0.717, 1.165) is 51.4 Å². The van der Waals surface area contributed by atoms with Crippen molar-refractivity contribution in [2.45, 2.75) is 137 Å². The molecule has 190 valence electrons. The predicted octanol–water partition coefficient (Wildman–Crippen LogP) is 6.33. The van der Waals surface area contributed by atoms with Crippen LogP contribution in [0, 0.1) is 50.7 Å². The van der Waals surface area contributed by atoms with Crippen LogP contribution in [0.15, 0.2) is 0 Å². The maximum absolute atomic E-state index is 12.4. The standard InChI is InChI=1S/C30H52O3/c1-25(2)19-10-14-27(5)18-30(33)17-11-20-26(3,4)24(32)13-16-29(20,7)22(30)9-8-21(27)28(19,6)15-12-23(25)31/h19-24,31-33H,8-18H2,1-7H3. The van der Waals surface area contributed by atoms with Crippen LogP contribution < -0.4 is 0 Å². The molecule has 5 fully saturated rings. The van der Waals surface area contributed by atoms with Gasteiger partial charge in [0.1, 0.15) is 0 Å². The quantitative estimate of drug-likeness (QED) is 0.395. The second-order valence-corrected chi connectivity index (χ2v) is 15.6. The van der Waals surface area contributed by atoms with Crippen LogP contribution in [0.1, 0.15) is 119 Å². The molecule has 5 aliphatic rings. The minimum atomic E-state index is -0.569. The first-order chi connectivity index (χ1) is 15.1. The molecular weight excluding hydrogens is 408 g/mol. The monoisotopic (exact) mass is 460 g/mol. The van der Waals surface area contributed by atoms with Crippen LogP contribution in [0.25, 0.3) is 0 Å². The van der Waals surface area contributed by atoms with Crippen LogP contribution in [-0.2, 0) is 0 Å². The van der Waals surface area contributed by atoms with Gasteiger partial charge in [0, 0.05) is 0 Å². The first kappa shape index (κ1) is 24.6. The number of hydrogen-bond donors (Lipinski definition) is 3. The molecule has 5 saturated carbocycles. The summed E-state index contributed by atoms with van der Waals surface area (Å²) in [7, 11) is 0. The van der Waals surface area contributed by atoms with Gasteiger partial charge in [-0.25, -0.2) is 0 Å². The highest BCUT2D eigenvalue weighted by molar-refractivity contribution is 5.16. The fraction of sp³-hybridized carbons (Fsp3) is 1.00. The van der Waals surface area contributed by atoms with Crippen LogP contribution in [0.3, 0.4) is 0 Å². The molecule has 0 bridgehead atoms. The van der Waals surface area contributed by atoms with Gasteiger partial charge in [-0.05, 0) is 121 Å². The molecule has 5 aliphatic carbocycles. The van der Waals surface area contributed by atoms with Crippen LogP contribution >= 0.6 is 0 Å². The number of fused-ring (bicyclic) bond motifs is 6. The van der Waals surface area contributed by atoms with Gasteiger partial charge in [0.25, 0.3) is 0 Å². The van der Waals surface area contributed by atoms with Crippen molar-refractivity contribution >= 4 is 0 Å². The molecule has 0 spiro atoms. The van der Waals surface area contributed by atoms with Crippen molar-refractivity contribution in [3.8, 4) is 0 Å². The van der Waals surface area contributed by atoms with Gasteiger partial charge in [0.05, 0.1) is 17.8 Å². The Kier molecular flexibility index (Phi) is 5.38. The van der Waals surface area contributed by atoms with Crippen molar-refractivity contribution in [2.75, 3.05) is 0 Å². The Hall–Kier alpha value is -0.120. The average molecular weight is 461 g/mol. The van der Waals surface area contributed by atoms with E-state index < -0.39 is 5.60 Å². The van der Waals surface area contributed by atoms with Crippen LogP contribution in [-0.4, -0.2) is 33.1 Å². The van der Waals surface area contributed by atoms with Crippen molar-refractivity contribution in [1.82, 2.24) is 0 Å². The van der Waals surface area contributed by atoms with Gasteiger partial charge < -0.3 is 15.3 Å². The molecule has 3 nitrogen and oxygen atoms in total. The molecule has 0 aromatic rings. The Morgan fingerprint density at radius 2 is 0.970 bits per heavy atom. The van der Waals surface area contributed by atoms with Gasteiger partial charge in [-0.15, -0.1) is 0 Å². The summed E-state index contributed by atoms with van der Waals surface area (Å²) in [5.74, 6) is 2.00. The van der Waals surface area contributed by atoms with E-state index in [9.17, 15) is 15.3 Å². The lowest BCUT2D eigenvalue weighted by atomic mass is 9.41. The van der Waals surface area contributed by atoms with Crippen LogP contribution in [0.2, 0.25) is 0 Å². The lowest BCUT2D eigenvalue weighted by Gasteiger charge is -2.65. The minimum absolute atomic E-state index is 0.0229. The third kappa shape index (κ3) is 3.16. The molecule has 0 aromatic carbocycles. The molecular formula is C30H52O3. The molecule has 0 aliphatic heterocycles. The van der Waals surface area contributed by atoms with E-state index in [4.69, 9.17) is 0 Å². The third-order valence-electron chi connectivity index (χ3n) is 13.4. The molecule has 10 unspecified atom stereocenters. The second-order valence-electron chi connectivity index (χ2n) is 15.6. The molecule has 5 rings (SSSR count). The van der Waals surface area contributed by atoms with E-state index in [1.807, 2.05) is 0 Å². The van der Waals surface area contributed by atoms with Gasteiger partial charge in [-0.1, -0.05) is 48.5 Å². The molecule has 3 N–H and O–H groups in total. The third-order valence-corrected chi connectivity index (χ3v) is 13.4. The number of hydrogen-bond acceptors (Lipinski definition) is 3. The largest absolute Gasteiger partial charge is 0.393 e. The summed E-state index contributed by atoms with van der Waals surface area (Å²) in [5, 5.41) is 34.2. The minimum Gasteiger partial charge on any atom is -0.393 e. The summed E-state index contributed by atoms with van der Waals surface area (Å²) in [5.41, 5.74) is -0.118. The van der Waals surface area contributed by atoms with E-state index in [2.05, 4.69) is 48.5 Å². The molecule has 0 saturated heterocycles. The predicted molar refractivity (Wildman–Crippen MR) is 134 cm³/mol. The Morgan fingerprint density at radius 1 is 0.515 bits per heavy atom. The smallest absolute Gasteiger partial charge is 0.0686 e. The summed E-state index contributed by atoms with van der Waals surface area (Å²) in [6, 6.07) is 0.